The van der Waals surface area contributed by atoms with Gasteiger partial charge >= 0.3 is 0 Å². The van der Waals surface area contributed by atoms with E-state index in [1.54, 1.807) is 6.92 Å². The lowest BCUT2D eigenvalue weighted by molar-refractivity contribution is 0.776. The quantitative estimate of drug-likeness (QED) is 0.794. The molecule has 1 aromatic heterocycles. The van der Waals surface area contributed by atoms with Crippen LogP contribution in [0, 0.1) is 18.8 Å². The Morgan fingerprint density at radius 3 is 2.70 bits per heavy atom. The Balaban J connectivity index is 2.41. The van der Waals surface area contributed by atoms with E-state index in [9.17, 15) is 4.91 Å². The number of aryl methyl sites for hydroxylation is 2. The van der Waals surface area contributed by atoms with E-state index in [0.717, 1.165) is 28.6 Å². The van der Waals surface area contributed by atoms with Crippen LogP contribution in [0.3, 0.4) is 0 Å². The molecule has 0 saturated carbocycles. The summed E-state index contributed by atoms with van der Waals surface area (Å²) >= 11 is 0. The first-order chi connectivity index (χ1) is 9.49. The predicted molar refractivity (Wildman–Crippen MR) is 81.7 cm³/mol. The molecule has 0 aromatic carbocycles. The van der Waals surface area contributed by atoms with Crippen LogP contribution in [-0.4, -0.2) is 35.8 Å². The van der Waals surface area contributed by atoms with E-state index in [-0.39, 0.29) is 0 Å². The average molecular weight is 273 g/mol. The Morgan fingerprint density at radius 1 is 1.30 bits per heavy atom. The summed E-state index contributed by atoms with van der Waals surface area (Å²) in [5, 5.41) is 2.93. The van der Waals surface area contributed by atoms with Crippen molar-refractivity contribution in [2.75, 3.05) is 18.0 Å². The van der Waals surface area contributed by atoms with Crippen molar-refractivity contribution >= 4 is 17.4 Å². The Kier molecular flexibility index (Phi) is 4.22. The molecule has 0 aliphatic carbocycles. The number of rotatable bonds is 3. The minimum absolute atomic E-state index is 0.459. The summed E-state index contributed by atoms with van der Waals surface area (Å²) < 4.78 is 0. The van der Waals surface area contributed by atoms with Crippen LogP contribution >= 0.6 is 0 Å². The fraction of sp³-hybridized carbons (Fsp3) is 0.500. The van der Waals surface area contributed by atoms with Crippen molar-refractivity contribution in [3.05, 3.63) is 28.3 Å². The number of hydrogen-bond acceptors (Lipinski definition) is 5. The molecule has 2 heterocycles. The third-order valence-corrected chi connectivity index (χ3v) is 3.04. The zero-order valence-corrected chi connectivity index (χ0v) is 12.3. The highest BCUT2D eigenvalue weighted by Gasteiger charge is 2.21. The van der Waals surface area contributed by atoms with Gasteiger partial charge in [-0.15, -0.1) is 4.91 Å². The molecule has 0 radical (unpaired) electrons. The maximum atomic E-state index is 10.6. The van der Waals surface area contributed by atoms with Gasteiger partial charge in [-0.1, -0.05) is 0 Å². The molecule has 6 nitrogen and oxygen atoms in total. The zero-order chi connectivity index (χ0) is 14.7. The summed E-state index contributed by atoms with van der Waals surface area (Å²) in [7, 11) is 0. The summed E-state index contributed by atoms with van der Waals surface area (Å²) in [4.78, 5) is 25.8. The summed E-state index contributed by atoms with van der Waals surface area (Å²) in [6, 6.07) is 4.04. The molecule has 0 spiro atoms. The number of hydrogen-bond donors (Lipinski definition) is 0. The van der Waals surface area contributed by atoms with Gasteiger partial charge in [-0.2, -0.15) is 0 Å². The normalized spacial score (nSPS) is 18.9. The number of nitroso groups, excluding NO2 is 1. The van der Waals surface area contributed by atoms with Crippen LogP contribution in [0.5, 0.6) is 0 Å². The van der Waals surface area contributed by atoms with E-state index in [1.807, 2.05) is 37.8 Å². The van der Waals surface area contributed by atoms with E-state index in [4.69, 9.17) is 0 Å². The topological polar surface area (TPSA) is 70.3 Å². The maximum Gasteiger partial charge on any atom is 0.180 e. The molecule has 1 aromatic rings. The van der Waals surface area contributed by atoms with Crippen molar-refractivity contribution in [2.24, 2.45) is 15.2 Å². The van der Waals surface area contributed by atoms with Gasteiger partial charge in [0.05, 0.1) is 13.1 Å². The highest BCUT2D eigenvalue weighted by Crippen LogP contribution is 2.18. The van der Waals surface area contributed by atoms with Crippen LogP contribution in [0.25, 0.3) is 0 Å². The highest BCUT2D eigenvalue weighted by molar-refractivity contribution is 6.07. The molecule has 0 bridgehead atoms. The number of pyridine rings is 1. The molecule has 1 unspecified atom stereocenters. The number of anilines is 1. The van der Waals surface area contributed by atoms with Crippen molar-refractivity contribution < 1.29 is 0 Å². The molecule has 20 heavy (non-hydrogen) atoms. The van der Waals surface area contributed by atoms with Crippen molar-refractivity contribution in [1.82, 2.24) is 4.98 Å². The Hall–Kier alpha value is -2.11. The summed E-state index contributed by atoms with van der Waals surface area (Å²) in [5.41, 5.74) is 3.13. The lowest BCUT2D eigenvalue weighted by Crippen LogP contribution is -2.41. The van der Waals surface area contributed by atoms with E-state index < -0.39 is 6.17 Å². The van der Waals surface area contributed by atoms with Gasteiger partial charge in [0.15, 0.2) is 6.17 Å². The fourth-order valence-electron chi connectivity index (χ4n) is 2.18. The highest BCUT2D eigenvalue weighted by atomic mass is 16.3. The number of aliphatic imine (C=N–C) groups is 2. The Labute approximate surface area is 118 Å². The van der Waals surface area contributed by atoms with Crippen LogP contribution in [0.1, 0.15) is 25.1 Å². The molecular weight excluding hydrogens is 254 g/mol. The second kappa shape index (κ2) is 5.90. The third kappa shape index (κ3) is 3.26. The molecule has 1 atom stereocenters. The SMILES string of the molecule is CC1=NCC(=NC(C)N=O)N(c2cc(C)cc(C)n2)C1. The lowest BCUT2D eigenvalue weighted by Gasteiger charge is -2.28. The summed E-state index contributed by atoms with van der Waals surface area (Å²) in [5.74, 6) is 1.58. The van der Waals surface area contributed by atoms with Crippen LogP contribution in [-0.2, 0) is 0 Å². The van der Waals surface area contributed by atoms with Crippen LogP contribution < -0.4 is 4.90 Å². The van der Waals surface area contributed by atoms with E-state index >= 15 is 0 Å². The molecule has 1 aliphatic heterocycles. The first-order valence-electron chi connectivity index (χ1n) is 6.61. The largest absolute Gasteiger partial charge is 0.307 e. The molecule has 0 N–H and O–H groups in total. The average Bonchev–Trinajstić information content (AvgIpc) is 2.39. The van der Waals surface area contributed by atoms with E-state index in [1.165, 1.54) is 0 Å². The summed E-state index contributed by atoms with van der Waals surface area (Å²) in [6.45, 7) is 8.75. The minimum Gasteiger partial charge on any atom is -0.307 e. The van der Waals surface area contributed by atoms with Crippen molar-refractivity contribution in [1.29, 1.82) is 0 Å². The second-order valence-corrected chi connectivity index (χ2v) is 5.06. The Bertz CT molecular complexity index is 559. The smallest absolute Gasteiger partial charge is 0.180 e. The fourth-order valence-corrected chi connectivity index (χ4v) is 2.18. The van der Waals surface area contributed by atoms with Gasteiger partial charge in [0, 0.05) is 11.4 Å². The van der Waals surface area contributed by atoms with Gasteiger partial charge < -0.3 is 4.90 Å². The first kappa shape index (κ1) is 14.3. The van der Waals surface area contributed by atoms with Crippen molar-refractivity contribution in [3.8, 4) is 0 Å². The standard InChI is InChI=1S/C14H19N5O/c1-9-5-10(2)16-13(6-9)19-8-11(3)15-7-14(19)17-12(4)18-20/h5-6,12H,7-8H2,1-4H3. The van der Waals surface area contributed by atoms with Crippen LogP contribution in [0.2, 0.25) is 0 Å². The lowest BCUT2D eigenvalue weighted by atomic mass is 10.2. The van der Waals surface area contributed by atoms with Gasteiger partial charge in [-0.25, -0.2) is 9.98 Å². The van der Waals surface area contributed by atoms with Gasteiger partial charge in [0.25, 0.3) is 0 Å². The Morgan fingerprint density at radius 2 is 2.05 bits per heavy atom. The minimum atomic E-state index is -0.605. The first-order valence-corrected chi connectivity index (χ1v) is 6.61. The monoisotopic (exact) mass is 273 g/mol. The number of amidine groups is 1. The molecule has 2 rings (SSSR count). The van der Waals surface area contributed by atoms with Gasteiger partial charge in [0.2, 0.25) is 0 Å². The molecule has 1 aliphatic rings. The number of nitrogens with zero attached hydrogens (tertiary/aromatic N) is 5. The van der Waals surface area contributed by atoms with Gasteiger partial charge in [0.1, 0.15) is 11.7 Å². The molecule has 0 saturated heterocycles. The molecule has 0 amide bonds. The molecule has 6 heteroatoms. The van der Waals surface area contributed by atoms with Crippen molar-refractivity contribution in [3.63, 3.8) is 0 Å². The molecule has 106 valence electrons. The van der Waals surface area contributed by atoms with Crippen LogP contribution in [0.4, 0.5) is 5.82 Å². The van der Waals surface area contributed by atoms with Gasteiger partial charge in [-0.3, -0.25) is 4.99 Å². The molecular formula is C14H19N5O. The molecule has 0 fully saturated rings. The maximum absolute atomic E-state index is 10.6. The van der Waals surface area contributed by atoms with Crippen LogP contribution in [0.15, 0.2) is 27.3 Å². The van der Waals surface area contributed by atoms with Crippen molar-refractivity contribution in [2.45, 2.75) is 33.9 Å². The third-order valence-electron chi connectivity index (χ3n) is 3.04. The van der Waals surface area contributed by atoms with Gasteiger partial charge in [-0.05, 0) is 50.6 Å². The van der Waals surface area contributed by atoms with E-state index in [2.05, 4.69) is 20.1 Å². The number of aromatic nitrogens is 1. The zero-order valence-electron chi connectivity index (χ0n) is 12.3. The second-order valence-electron chi connectivity index (χ2n) is 5.06. The summed E-state index contributed by atoms with van der Waals surface area (Å²) in [6.07, 6.45) is -0.605. The van der Waals surface area contributed by atoms with E-state index in [0.29, 0.717) is 13.1 Å². The predicted octanol–water partition coefficient (Wildman–Crippen LogP) is 2.49.